The molecular weight excluding hydrogens is 300 g/mol. The van der Waals surface area contributed by atoms with Crippen molar-refractivity contribution in [1.82, 2.24) is 20.4 Å². The Bertz CT molecular complexity index is 626. The van der Waals surface area contributed by atoms with Gasteiger partial charge in [-0.05, 0) is 12.5 Å². The van der Waals surface area contributed by atoms with Gasteiger partial charge in [-0.2, -0.15) is 4.98 Å². The van der Waals surface area contributed by atoms with Gasteiger partial charge in [-0.25, -0.2) is 0 Å². The number of aryl methyl sites for hydroxylation is 1. The molecule has 1 aromatic heterocycles. The van der Waals surface area contributed by atoms with Crippen LogP contribution < -0.4 is 5.32 Å². The van der Waals surface area contributed by atoms with Gasteiger partial charge in [0.25, 0.3) is 0 Å². The summed E-state index contributed by atoms with van der Waals surface area (Å²) in [5, 5.41) is 7.39. The summed E-state index contributed by atoms with van der Waals surface area (Å²) in [7, 11) is 0. The van der Waals surface area contributed by atoms with Gasteiger partial charge in [-0.3, -0.25) is 4.90 Å². The topological polar surface area (TPSA) is 54.2 Å². The highest BCUT2D eigenvalue weighted by atomic mass is 35.5. The molecule has 2 saturated heterocycles. The van der Waals surface area contributed by atoms with Gasteiger partial charge in [-0.15, -0.1) is 12.4 Å². The van der Waals surface area contributed by atoms with E-state index in [0.717, 1.165) is 44.4 Å². The van der Waals surface area contributed by atoms with Crippen molar-refractivity contribution < 1.29 is 4.52 Å². The number of hydrogen-bond donors (Lipinski definition) is 1. The average Bonchev–Trinajstić information content (AvgIpc) is 3.03. The number of benzene rings is 1. The van der Waals surface area contributed by atoms with Gasteiger partial charge < -0.3 is 9.84 Å². The highest BCUT2D eigenvalue weighted by molar-refractivity contribution is 5.85. The van der Waals surface area contributed by atoms with E-state index in [9.17, 15) is 0 Å². The van der Waals surface area contributed by atoms with Gasteiger partial charge in [0.05, 0.1) is 5.92 Å². The number of aromatic nitrogens is 2. The molecule has 1 atom stereocenters. The van der Waals surface area contributed by atoms with E-state index in [0.29, 0.717) is 5.92 Å². The molecule has 0 bridgehead atoms. The molecular formula is C16H21ClN4O. The molecule has 0 radical (unpaired) electrons. The molecule has 0 aliphatic carbocycles. The first-order chi connectivity index (χ1) is 10.3. The lowest BCUT2D eigenvalue weighted by atomic mass is 9.73. The summed E-state index contributed by atoms with van der Waals surface area (Å²) in [4.78, 5) is 6.99. The average molecular weight is 321 g/mol. The molecule has 118 valence electrons. The normalized spacial score (nSPS) is 23.2. The second-order valence-electron chi connectivity index (χ2n) is 6.35. The molecule has 1 N–H and O–H groups in total. The maximum Gasteiger partial charge on any atom is 0.231 e. The lowest BCUT2D eigenvalue weighted by Crippen LogP contribution is -2.57. The minimum absolute atomic E-state index is 0. The highest BCUT2D eigenvalue weighted by Crippen LogP contribution is 2.45. The van der Waals surface area contributed by atoms with Gasteiger partial charge in [0, 0.05) is 38.1 Å². The number of likely N-dealkylation sites (tertiary alicyclic amines) is 1. The summed E-state index contributed by atoms with van der Waals surface area (Å²) in [6, 6.07) is 10.6. The van der Waals surface area contributed by atoms with Crippen LogP contribution in [0, 0.1) is 12.3 Å². The number of halogens is 1. The number of nitrogens with zero attached hydrogens (tertiary/aromatic N) is 3. The van der Waals surface area contributed by atoms with Crippen molar-refractivity contribution in [3.63, 3.8) is 0 Å². The van der Waals surface area contributed by atoms with E-state index in [-0.39, 0.29) is 17.8 Å². The van der Waals surface area contributed by atoms with Crippen LogP contribution in [0.1, 0.15) is 23.2 Å². The van der Waals surface area contributed by atoms with Crippen molar-refractivity contribution in [1.29, 1.82) is 0 Å². The van der Waals surface area contributed by atoms with Crippen molar-refractivity contribution in [2.75, 3.05) is 26.2 Å². The van der Waals surface area contributed by atoms with Crippen LogP contribution in [0.2, 0.25) is 0 Å². The monoisotopic (exact) mass is 320 g/mol. The summed E-state index contributed by atoms with van der Waals surface area (Å²) >= 11 is 0. The molecule has 2 fully saturated rings. The lowest BCUT2D eigenvalue weighted by Gasteiger charge is -2.42. The summed E-state index contributed by atoms with van der Waals surface area (Å²) in [5.74, 6) is 1.89. The predicted molar refractivity (Wildman–Crippen MR) is 86.0 cm³/mol. The van der Waals surface area contributed by atoms with Crippen molar-refractivity contribution in [3.8, 4) is 0 Å². The lowest BCUT2D eigenvalue weighted by molar-refractivity contribution is 0.136. The number of nitrogens with one attached hydrogen (secondary N) is 1. The molecule has 1 aromatic carbocycles. The molecule has 2 aromatic rings. The van der Waals surface area contributed by atoms with Crippen LogP contribution >= 0.6 is 12.4 Å². The molecule has 2 aliphatic rings. The molecule has 1 spiro atoms. The second kappa shape index (κ2) is 5.99. The zero-order valence-electron chi connectivity index (χ0n) is 12.7. The van der Waals surface area contributed by atoms with Crippen molar-refractivity contribution in [3.05, 3.63) is 47.6 Å². The van der Waals surface area contributed by atoms with Gasteiger partial charge in [-0.1, -0.05) is 35.5 Å². The maximum atomic E-state index is 5.46. The largest absolute Gasteiger partial charge is 0.339 e. The Morgan fingerprint density at radius 1 is 1.32 bits per heavy atom. The Morgan fingerprint density at radius 2 is 2.09 bits per heavy atom. The molecule has 2 aliphatic heterocycles. The molecule has 4 rings (SSSR count). The van der Waals surface area contributed by atoms with Crippen molar-refractivity contribution in [2.45, 2.75) is 19.4 Å². The minimum Gasteiger partial charge on any atom is -0.339 e. The zero-order chi connectivity index (χ0) is 14.3. The van der Waals surface area contributed by atoms with Crippen LogP contribution in [0.25, 0.3) is 0 Å². The first-order valence-corrected chi connectivity index (χ1v) is 7.52. The molecule has 6 heteroatoms. The third-order valence-electron chi connectivity index (χ3n) is 4.76. The van der Waals surface area contributed by atoms with Gasteiger partial charge in [0.1, 0.15) is 0 Å². The van der Waals surface area contributed by atoms with Gasteiger partial charge in [0.2, 0.25) is 5.89 Å². The smallest absolute Gasteiger partial charge is 0.231 e. The number of hydrogen-bond acceptors (Lipinski definition) is 5. The van der Waals surface area contributed by atoms with E-state index in [2.05, 4.69) is 50.7 Å². The van der Waals surface area contributed by atoms with Crippen molar-refractivity contribution >= 4 is 12.4 Å². The fourth-order valence-corrected chi connectivity index (χ4v) is 3.63. The predicted octanol–water partition coefficient (Wildman–Crippen LogP) is 1.99. The highest BCUT2D eigenvalue weighted by Gasteiger charge is 2.53. The minimum atomic E-state index is 0. The standard InChI is InChI=1S/C16H20N4O.ClH/c1-12-18-15(21-19-12)14-8-20(11-16(14)9-17-10-16)7-13-5-3-2-4-6-13;/h2-6,14,17H,7-11H2,1H3;1H. The Labute approximate surface area is 136 Å². The summed E-state index contributed by atoms with van der Waals surface area (Å²) < 4.78 is 5.46. The quantitative estimate of drug-likeness (QED) is 0.937. The molecule has 1 unspecified atom stereocenters. The third-order valence-corrected chi connectivity index (χ3v) is 4.76. The Hall–Kier alpha value is -1.43. The number of rotatable bonds is 3. The fraction of sp³-hybridized carbons (Fsp3) is 0.500. The SMILES string of the molecule is Cc1noc(C2CN(Cc3ccccc3)CC23CNC3)n1.Cl. The summed E-state index contributed by atoms with van der Waals surface area (Å²) in [5.41, 5.74) is 1.63. The van der Waals surface area contributed by atoms with E-state index in [4.69, 9.17) is 4.52 Å². The molecule has 3 heterocycles. The fourth-order valence-electron chi connectivity index (χ4n) is 3.63. The summed E-state index contributed by atoms with van der Waals surface area (Å²) in [6.45, 7) is 7.07. The maximum absolute atomic E-state index is 5.46. The van der Waals surface area contributed by atoms with Crippen LogP contribution in [0.3, 0.4) is 0 Å². The molecule has 0 saturated carbocycles. The van der Waals surface area contributed by atoms with E-state index in [1.54, 1.807) is 0 Å². The van der Waals surface area contributed by atoms with E-state index in [1.165, 1.54) is 5.56 Å². The van der Waals surface area contributed by atoms with Gasteiger partial charge >= 0.3 is 0 Å². The first-order valence-electron chi connectivity index (χ1n) is 7.52. The Kier molecular flexibility index (Phi) is 4.21. The van der Waals surface area contributed by atoms with Crippen LogP contribution in [-0.2, 0) is 6.54 Å². The Balaban J connectivity index is 0.00000144. The van der Waals surface area contributed by atoms with Gasteiger partial charge in [0.15, 0.2) is 5.82 Å². The van der Waals surface area contributed by atoms with Crippen LogP contribution in [0.4, 0.5) is 0 Å². The van der Waals surface area contributed by atoms with E-state index in [1.807, 2.05) is 6.92 Å². The van der Waals surface area contributed by atoms with Crippen LogP contribution in [-0.4, -0.2) is 41.2 Å². The van der Waals surface area contributed by atoms with Crippen molar-refractivity contribution in [2.24, 2.45) is 5.41 Å². The third kappa shape index (κ3) is 2.64. The molecule has 5 nitrogen and oxygen atoms in total. The second-order valence-corrected chi connectivity index (χ2v) is 6.35. The van der Waals surface area contributed by atoms with Crippen LogP contribution in [0.15, 0.2) is 34.9 Å². The zero-order valence-corrected chi connectivity index (χ0v) is 13.5. The van der Waals surface area contributed by atoms with E-state index >= 15 is 0 Å². The molecule has 22 heavy (non-hydrogen) atoms. The summed E-state index contributed by atoms with van der Waals surface area (Å²) in [6.07, 6.45) is 0. The van der Waals surface area contributed by atoms with E-state index < -0.39 is 0 Å². The first kappa shape index (κ1) is 15.5. The Morgan fingerprint density at radius 3 is 2.68 bits per heavy atom. The molecule has 0 amide bonds. The van der Waals surface area contributed by atoms with Crippen LogP contribution in [0.5, 0.6) is 0 Å².